The van der Waals surface area contributed by atoms with Gasteiger partial charge < -0.3 is 4.90 Å². The van der Waals surface area contributed by atoms with E-state index in [0.717, 1.165) is 11.0 Å². The molecular formula is C15H19BrClNO. The van der Waals surface area contributed by atoms with Gasteiger partial charge in [0.1, 0.15) is 0 Å². The molecule has 1 aliphatic carbocycles. The summed E-state index contributed by atoms with van der Waals surface area (Å²) in [6.45, 7) is 0.854. The number of carbonyl (C=O) groups is 1. The highest BCUT2D eigenvalue weighted by atomic mass is 79.9. The highest BCUT2D eigenvalue weighted by Crippen LogP contribution is 2.26. The SMILES string of the molecule is CN(CC1CCCCC1)C(=O)c1ccc(Br)c(Cl)c1. The zero-order chi connectivity index (χ0) is 13.8. The minimum atomic E-state index is 0.0555. The van der Waals surface area contributed by atoms with Crippen LogP contribution in [-0.2, 0) is 0 Å². The second kappa shape index (κ2) is 6.76. The number of carbonyl (C=O) groups excluding carboxylic acids is 1. The van der Waals surface area contributed by atoms with Crippen LogP contribution < -0.4 is 0 Å². The third-order valence-electron chi connectivity index (χ3n) is 3.77. The van der Waals surface area contributed by atoms with E-state index in [1.54, 1.807) is 6.07 Å². The highest BCUT2D eigenvalue weighted by molar-refractivity contribution is 9.10. The van der Waals surface area contributed by atoms with Crippen molar-refractivity contribution in [1.29, 1.82) is 0 Å². The molecule has 1 saturated carbocycles. The largest absolute Gasteiger partial charge is 0.341 e. The molecule has 0 radical (unpaired) electrons. The van der Waals surface area contributed by atoms with Crippen LogP contribution in [0, 0.1) is 5.92 Å². The molecule has 4 heteroatoms. The van der Waals surface area contributed by atoms with Crippen molar-refractivity contribution in [3.8, 4) is 0 Å². The standard InChI is InChI=1S/C15H19BrClNO/c1-18(10-11-5-3-2-4-6-11)15(19)12-7-8-13(16)14(17)9-12/h7-9,11H,2-6,10H2,1H3. The Hall–Kier alpha value is -0.540. The van der Waals surface area contributed by atoms with Gasteiger partial charge in [-0.3, -0.25) is 4.79 Å². The molecule has 0 spiro atoms. The van der Waals surface area contributed by atoms with Gasteiger partial charge in [-0.15, -0.1) is 0 Å². The summed E-state index contributed by atoms with van der Waals surface area (Å²) in [6, 6.07) is 5.37. The minimum Gasteiger partial charge on any atom is -0.341 e. The topological polar surface area (TPSA) is 20.3 Å². The minimum absolute atomic E-state index is 0.0555. The molecule has 19 heavy (non-hydrogen) atoms. The lowest BCUT2D eigenvalue weighted by atomic mass is 9.89. The summed E-state index contributed by atoms with van der Waals surface area (Å²) in [5.41, 5.74) is 0.659. The van der Waals surface area contributed by atoms with Crippen LogP contribution >= 0.6 is 27.5 Å². The van der Waals surface area contributed by atoms with Gasteiger partial charge in [-0.1, -0.05) is 30.9 Å². The predicted molar refractivity (Wildman–Crippen MR) is 82.7 cm³/mol. The molecule has 1 aliphatic rings. The van der Waals surface area contributed by atoms with E-state index in [9.17, 15) is 4.79 Å². The van der Waals surface area contributed by atoms with Crippen LogP contribution in [0.15, 0.2) is 22.7 Å². The molecule has 0 heterocycles. The molecule has 0 aliphatic heterocycles. The summed E-state index contributed by atoms with van der Waals surface area (Å²) in [5, 5.41) is 0.580. The summed E-state index contributed by atoms with van der Waals surface area (Å²) in [6.07, 6.45) is 6.45. The zero-order valence-corrected chi connectivity index (χ0v) is 13.5. The van der Waals surface area contributed by atoms with Gasteiger partial charge in [0.05, 0.1) is 5.02 Å². The average molecular weight is 345 g/mol. The number of hydrogen-bond acceptors (Lipinski definition) is 1. The Balaban J connectivity index is 1.99. The quantitative estimate of drug-likeness (QED) is 0.774. The van der Waals surface area contributed by atoms with Crippen LogP contribution in [0.4, 0.5) is 0 Å². The van der Waals surface area contributed by atoms with E-state index in [1.807, 2.05) is 24.1 Å². The Bertz CT molecular complexity index is 457. The number of rotatable bonds is 3. The first-order valence-corrected chi connectivity index (χ1v) is 7.95. The van der Waals surface area contributed by atoms with Crippen LogP contribution in [0.2, 0.25) is 5.02 Å². The van der Waals surface area contributed by atoms with Crippen LogP contribution in [0.25, 0.3) is 0 Å². The second-order valence-electron chi connectivity index (χ2n) is 5.32. The number of nitrogens with zero attached hydrogens (tertiary/aromatic N) is 1. The van der Waals surface area contributed by atoms with Gasteiger partial charge >= 0.3 is 0 Å². The van der Waals surface area contributed by atoms with Crippen molar-refractivity contribution in [2.24, 2.45) is 5.92 Å². The van der Waals surface area contributed by atoms with E-state index in [1.165, 1.54) is 32.1 Å². The molecule has 0 unspecified atom stereocenters. The maximum absolute atomic E-state index is 12.3. The fourth-order valence-corrected chi connectivity index (χ4v) is 3.12. The summed E-state index contributed by atoms with van der Waals surface area (Å²) in [4.78, 5) is 14.2. The highest BCUT2D eigenvalue weighted by Gasteiger charge is 2.19. The Morgan fingerprint density at radius 3 is 2.68 bits per heavy atom. The van der Waals surface area contributed by atoms with E-state index < -0.39 is 0 Å². The lowest BCUT2D eigenvalue weighted by Crippen LogP contribution is -2.32. The number of amides is 1. The van der Waals surface area contributed by atoms with Crippen LogP contribution in [-0.4, -0.2) is 24.4 Å². The van der Waals surface area contributed by atoms with Crippen molar-refractivity contribution < 1.29 is 4.79 Å². The van der Waals surface area contributed by atoms with Gasteiger partial charge in [-0.2, -0.15) is 0 Å². The van der Waals surface area contributed by atoms with Gasteiger partial charge in [0, 0.05) is 23.6 Å². The zero-order valence-electron chi connectivity index (χ0n) is 11.2. The molecule has 2 nitrogen and oxygen atoms in total. The average Bonchev–Trinajstić information content (AvgIpc) is 2.42. The molecule has 1 fully saturated rings. The van der Waals surface area contributed by atoms with Gasteiger partial charge in [0.2, 0.25) is 0 Å². The molecule has 0 N–H and O–H groups in total. The monoisotopic (exact) mass is 343 g/mol. The smallest absolute Gasteiger partial charge is 0.253 e. The Labute approximate surface area is 128 Å². The van der Waals surface area contributed by atoms with Gasteiger partial charge in [-0.05, 0) is 52.9 Å². The van der Waals surface area contributed by atoms with E-state index in [4.69, 9.17) is 11.6 Å². The van der Waals surface area contributed by atoms with Crippen molar-refractivity contribution in [2.75, 3.05) is 13.6 Å². The van der Waals surface area contributed by atoms with Gasteiger partial charge in [0.25, 0.3) is 5.91 Å². The summed E-state index contributed by atoms with van der Waals surface area (Å²) in [7, 11) is 1.88. The maximum Gasteiger partial charge on any atom is 0.253 e. The molecule has 104 valence electrons. The number of hydrogen-bond donors (Lipinski definition) is 0. The molecule has 1 aromatic rings. The normalized spacial score (nSPS) is 16.4. The van der Waals surface area contributed by atoms with Crippen LogP contribution in [0.5, 0.6) is 0 Å². The van der Waals surface area contributed by atoms with E-state index in [2.05, 4.69) is 15.9 Å². The van der Waals surface area contributed by atoms with E-state index in [0.29, 0.717) is 16.5 Å². The first kappa shape index (κ1) is 14.9. The van der Waals surface area contributed by atoms with Crippen molar-refractivity contribution in [3.05, 3.63) is 33.3 Å². The molecule has 0 atom stereocenters. The Kier molecular flexibility index (Phi) is 5.28. The fourth-order valence-electron chi connectivity index (χ4n) is 2.69. The van der Waals surface area contributed by atoms with E-state index >= 15 is 0 Å². The van der Waals surface area contributed by atoms with Gasteiger partial charge in [-0.25, -0.2) is 0 Å². The third kappa shape index (κ3) is 3.96. The molecular weight excluding hydrogens is 326 g/mol. The van der Waals surface area contributed by atoms with Crippen molar-refractivity contribution in [3.63, 3.8) is 0 Å². The third-order valence-corrected chi connectivity index (χ3v) is 5.00. The molecule has 0 bridgehead atoms. The first-order chi connectivity index (χ1) is 9.08. The Morgan fingerprint density at radius 2 is 2.05 bits per heavy atom. The van der Waals surface area contributed by atoms with Crippen molar-refractivity contribution >= 4 is 33.4 Å². The molecule has 0 saturated heterocycles. The van der Waals surface area contributed by atoms with Gasteiger partial charge in [0.15, 0.2) is 0 Å². The van der Waals surface area contributed by atoms with Crippen LogP contribution in [0.3, 0.4) is 0 Å². The maximum atomic E-state index is 12.3. The molecule has 0 aromatic heterocycles. The first-order valence-electron chi connectivity index (χ1n) is 6.78. The summed E-state index contributed by atoms with van der Waals surface area (Å²) >= 11 is 9.38. The van der Waals surface area contributed by atoms with Crippen molar-refractivity contribution in [1.82, 2.24) is 4.90 Å². The van der Waals surface area contributed by atoms with Crippen LogP contribution in [0.1, 0.15) is 42.5 Å². The van der Waals surface area contributed by atoms with Crippen molar-refractivity contribution in [2.45, 2.75) is 32.1 Å². The fraction of sp³-hybridized carbons (Fsp3) is 0.533. The lowest BCUT2D eigenvalue weighted by molar-refractivity contribution is 0.0760. The summed E-state index contributed by atoms with van der Waals surface area (Å²) in [5.74, 6) is 0.716. The number of benzene rings is 1. The molecule has 1 amide bonds. The molecule has 1 aromatic carbocycles. The number of halogens is 2. The summed E-state index contributed by atoms with van der Waals surface area (Å²) < 4.78 is 0.820. The molecule has 2 rings (SSSR count). The Morgan fingerprint density at radius 1 is 1.37 bits per heavy atom. The van der Waals surface area contributed by atoms with E-state index in [-0.39, 0.29) is 5.91 Å². The predicted octanol–water partition coefficient (Wildman–Crippen LogP) is 4.75. The second-order valence-corrected chi connectivity index (χ2v) is 6.58. The lowest BCUT2D eigenvalue weighted by Gasteiger charge is -2.27.